The van der Waals surface area contributed by atoms with Crippen LogP contribution in [0.15, 0.2) is 53.7 Å². The Kier molecular flexibility index (Phi) is 6.13. The molecule has 0 aliphatic carbocycles. The fourth-order valence-corrected chi connectivity index (χ4v) is 3.62. The Bertz CT molecular complexity index is 903. The number of carbonyl (C=O) groups excluding carboxylic acids is 1. The summed E-state index contributed by atoms with van der Waals surface area (Å²) in [4.78, 5) is 12.3. The minimum atomic E-state index is -0.238. The van der Waals surface area contributed by atoms with Gasteiger partial charge in [-0.3, -0.25) is 4.79 Å². The van der Waals surface area contributed by atoms with Gasteiger partial charge in [-0.2, -0.15) is 4.68 Å². The Hall–Kier alpha value is -2.09. The number of rotatable bonds is 6. The first-order valence-corrected chi connectivity index (χ1v) is 9.49. The van der Waals surface area contributed by atoms with E-state index in [9.17, 15) is 4.79 Å². The molecule has 0 bridgehead atoms. The lowest BCUT2D eigenvalue weighted by Crippen LogP contribution is -2.28. The molecule has 0 saturated carbocycles. The van der Waals surface area contributed by atoms with Crippen molar-refractivity contribution in [2.45, 2.75) is 18.1 Å². The number of thioether (sulfide) groups is 1. The third-order valence-corrected chi connectivity index (χ3v) is 5.06. The predicted molar refractivity (Wildman–Crippen MR) is 103 cm³/mol. The van der Waals surface area contributed by atoms with E-state index < -0.39 is 0 Å². The SMILES string of the molecule is CC(NC(=O)CSc1nnnn1-c1ccccc1)c1ccc(Cl)cc1Cl. The van der Waals surface area contributed by atoms with Crippen molar-refractivity contribution in [2.24, 2.45) is 0 Å². The second-order valence-electron chi connectivity index (χ2n) is 5.45. The third kappa shape index (κ3) is 4.55. The lowest BCUT2D eigenvalue weighted by atomic mass is 10.1. The number of halogens is 2. The lowest BCUT2D eigenvalue weighted by Gasteiger charge is -2.15. The number of benzene rings is 2. The van der Waals surface area contributed by atoms with Gasteiger partial charge < -0.3 is 5.32 Å². The molecule has 1 heterocycles. The van der Waals surface area contributed by atoms with Crippen molar-refractivity contribution >= 4 is 40.9 Å². The number of amides is 1. The van der Waals surface area contributed by atoms with Gasteiger partial charge in [0.2, 0.25) is 11.1 Å². The molecule has 1 unspecified atom stereocenters. The zero-order chi connectivity index (χ0) is 18.5. The van der Waals surface area contributed by atoms with Crippen LogP contribution in [0.1, 0.15) is 18.5 Å². The van der Waals surface area contributed by atoms with Crippen LogP contribution in [0.4, 0.5) is 0 Å². The second kappa shape index (κ2) is 8.53. The molecule has 1 atom stereocenters. The maximum Gasteiger partial charge on any atom is 0.230 e. The number of tetrazole rings is 1. The predicted octanol–water partition coefficient (Wildman–Crippen LogP) is 3.94. The normalized spacial score (nSPS) is 12.0. The molecule has 3 rings (SSSR count). The summed E-state index contributed by atoms with van der Waals surface area (Å²) in [5.74, 6) is 0.0408. The fraction of sp³-hybridized carbons (Fsp3) is 0.176. The smallest absolute Gasteiger partial charge is 0.230 e. The molecule has 1 aromatic heterocycles. The van der Waals surface area contributed by atoms with E-state index in [2.05, 4.69) is 20.8 Å². The summed E-state index contributed by atoms with van der Waals surface area (Å²) in [6.07, 6.45) is 0. The summed E-state index contributed by atoms with van der Waals surface area (Å²) in [6, 6.07) is 14.5. The van der Waals surface area contributed by atoms with Gasteiger partial charge in [-0.05, 0) is 47.2 Å². The van der Waals surface area contributed by atoms with Gasteiger partial charge in [0.1, 0.15) is 0 Å². The Morgan fingerprint density at radius 2 is 2.00 bits per heavy atom. The van der Waals surface area contributed by atoms with Gasteiger partial charge in [0.25, 0.3) is 0 Å². The number of nitrogens with one attached hydrogen (secondary N) is 1. The zero-order valence-electron chi connectivity index (χ0n) is 13.8. The number of para-hydroxylation sites is 1. The van der Waals surface area contributed by atoms with E-state index >= 15 is 0 Å². The highest BCUT2D eigenvalue weighted by molar-refractivity contribution is 7.99. The molecule has 6 nitrogen and oxygen atoms in total. The molecule has 0 aliphatic rings. The summed E-state index contributed by atoms with van der Waals surface area (Å²) < 4.78 is 1.59. The van der Waals surface area contributed by atoms with E-state index in [0.29, 0.717) is 15.2 Å². The molecule has 0 fully saturated rings. The van der Waals surface area contributed by atoms with Crippen molar-refractivity contribution in [1.82, 2.24) is 25.5 Å². The first kappa shape index (κ1) is 18.7. The standard InChI is InChI=1S/C17H15Cl2N5OS/c1-11(14-8-7-12(18)9-15(14)19)20-16(25)10-26-17-21-22-23-24(17)13-5-3-2-4-6-13/h2-9,11H,10H2,1H3,(H,20,25). The van der Waals surface area contributed by atoms with Crippen LogP contribution in [0.3, 0.4) is 0 Å². The van der Waals surface area contributed by atoms with Crippen LogP contribution in [-0.4, -0.2) is 31.9 Å². The first-order chi connectivity index (χ1) is 12.5. The molecular formula is C17H15Cl2N5OS. The fourth-order valence-electron chi connectivity index (χ4n) is 2.34. The summed E-state index contributed by atoms with van der Waals surface area (Å²) in [6.45, 7) is 1.87. The van der Waals surface area contributed by atoms with E-state index in [-0.39, 0.29) is 17.7 Å². The van der Waals surface area contributed by atoms with Crippen molar-refractivity contribution in [2.75, 3.05) is 5.75 Å². The Morgan fingerprint density at radius 3 is 2.73 bits per heavy atom. The van der Waals surface area contributed by atoms with Crippen LogP contribution < -0.4 is 5.32 Å². The maximum atomic E-state index is 12.3. The van der Waals surface area contributed by atoms with Gasteiger partial charge >= 0.3 is 0 Å². The number of hydrogen-bond donors (Lipinski definition) is 1. The van der Waals surface area contributed by atoms with Crippen molar-refractivity contribution in [3.63, 3.8) is 0 Å². The third-order valence-electron chi connectivity index (χ3n) is 3.58. The van der Waals surface area contributed by atoms with Crippen LogP contribution in [-0.2, 0) is 4.79 Å². The zero-order valence-corrected chi connectivity index (χ0v) is 16.1. The Balaban J connectivity index is 1.61. The summed E-state index contributed by atoms with van der Waals surface area (Å²) in [5, 5.41) is 16.2. The molecule has 3 aromatic rings. The average Bonchev–Trinajstić information content (AvgIpc) is 3.09. The van der Waals surface area contributed by atoms with E-state index in [4.69, 9.17) is 23.2 Å². The van der Waals surface area contributed by atoms with E-state index in [0.717, 1.165) is 11.3 Å². The second-order valence-corrected chi connectivity index (χ2v) is 7.24. The molecule has 2 aromatic carbocycles. The van der Waals surface area contributed by atoms with Gasteiger partial charge in [0.15, 0.2) is 0 Å². The molecular weight excluding hydrogens is 393 g/mol. The molecule has 9 heteroatoms. The molecule has 0 spiro atoms. The van der Waals surface area contributed by atoms with Crippen LogP contribution in [0.25, 0.3) is 5.69 Å². The minimum absolute atomic E-state index is 0.142. The highest BCUT2D eigenvalue weighted by Gasteiger charge is 2.15. The van der Waals surface area contributed by atoms with Crippen LogP contribution >= 0.6 is 35.0 Å². The van der Waals surface area contributed by atoms with Gasteiger partial charge in [0, 0.05) is 10.0 Å². The molecule has 0 saturated heterocycles. The Labute approximate surface area is 164 Å². The van der Waals surface area contributed by atoms with E-state index in [1.165, 1.54) is 11.8 Å². The van der Waals surface area contributed by atoms with Gasteiger partial charge in [-0.1, -0.05) is 59.2 Å². The van der Waals surface area contributed by atoms with E-state index in [1.807, 2.05) is 37.3 Å². The van der Waals surface area contributed by atoms with Crippen LogP contribution in [0.2, 0.25) is 10.0 Å². The molecule has 1 amide bonds. The highest BCUT2D eigenvalue weighted by atomic mass is 35.5. The van der Waals surface area contributed by atoms with Crippen LogP contribution in [0.5, 0.6) is 0 Å². The van der Waals surface area contributed by atoms with Crippen molar-refractivity contribution < 1.29 is 4.79 Å². The number of carbonyl (C=O) groups is 1. The van der Waals surface area contributed by atoms with Crippen molar-refractivity contribution in [1.29, 1.82) is 0 Å². The van der Waals surface area contributed by atoms with Crippen LogP contribution in [0, 0.1) is 0 Å². The summed E-state index contributed by atoms with van der Waals surface area (Å²) >= 11 is 13.3. The molecule has 134 valence electrons. The highest BCUT2D eigenvalue weighted by Crippen LogP contribution is 2.26. The number of hydrogen-bond acceptors (Lipinski definition) is 5. The van der Waals surface area contributed by atoms with Crippen molar-refractivity contribution in [3.8, 4) is 5.69 Å². The summed E-state index contributed by atoms with van der Waals surface area (Å²) in [5.41, 5.74) is 1.64. The summed E-state index contributed by atoms with van der Waals surface area (Å²) in [7, 11) is 0. The van der Waals surface area contributed by atoms with Gasteiger partial charge in [0.05, 0.1) is 17.5 Å². The van der Waals surface area contributed by atoms with Gasteiger partial charge in [-0.25, -0.2) is 0 Å². The monoisotopic (exact) mass is 407 g/mol. The number of aromatic nitrogens is 4. The minimum Gasteiger partial charge on any atom is -0.349 e. The largest absolute Gasteiger partial charge is 0.349 e. The van der Waals surface area contributed by atoms with E-state index in [1.54, 1.807) is 22.9 Å². The topological polar surface area (TPSA) is 72.7 Å². The van der Waals surface area contributed by atoms with Gasteiger partial charge in [-0.15, -0.1) is 5.10 Å². The Morgan fingerprint density at radius 1 is 1.23 bits per heavy atom. The first-order valence-electron chi connectivity index (χ1n) is 7.75. The molecule has 1 N–H and O–H groups in total. The van der Waals surface area contributed by atoms with Crippen molar-refractivity contribution in [3.05, 3.63) is 64.1 Å². The molecule has 0 aliphatic heterocycles. The maximum absolute atomic E-state index is 12.3. The number of nitrogens with zero attached hydrogens (tertiary/aromatic N) is 4. The lowest BCUT2D eigenvalue weighted by molar-refractivity contribution is -0.119. The quantitative estimate of drug-likeness (QED) is 0.626. The molecule has 0 radical (unpaired) electrons. The average molecular weight is 408 g/mol. The molecule has 26 heavy (non-hydrogen) atoms.